The molecule has 0 spiro atoms. The number of carbonyl (C=O) groups excluding carboxylic acids is 2. The van der Waals surface area contributed by atoms with Crippen LogP contribution >= 0.6 is 11.3 Å². The van der Waals surface area contributed by atoms with Crippen LogP contribution in [0.1, 0.15) is 74.8 Å². The molecule has 184 valence electrons. The molecule has 2 amide bonds. The van der Waals surface area contributed by atoms with Crippen molar-refractivity contribution < 1.29 is 9.59 Å². The first-order valence-electron chi connectivity index (χ1n) is 11.7. The van der Waals surface area contributed by atoms with Crippen molar-refractivity contribution in [3.05, 3.63) is 75.0 Å². The molecular formula is C25H26N8O2S. The van der Waals surface area contributed by atoms with Gasteiger partial charge < -0.3 is 10.6 Å². The highest BCUT2D eigenvalue weighted by atomic mass is 32.1. The maximum atomic E-state index is 13.0. The fraction of sp³-hybridized carbons (Fsp3) is 0.320. The molecule has 3 aromatic heterocycles. The van der Waals surface area contributed by atoms with Gasteiger partial charge in [-0.1, -0.05) is 26.0 Å². The SMILES string of the molecule is CC(C)c1cc(CNC(=O)c2cc(C(=O)N[C@H]3CCc4cc(-c5nnn(C)n5)ccc43)ncn2)cs1. The van der Waals surface area contributed by atoms with Gasteiger partial charge in [0.25, 0.3) is 11.8 Å². The zero-order valence-corrected chi connectivity index (χ0v) is 21.0. The molecule has 1 aliphatic carbocycles. The first kappa shape index (κ1) is 23.7. The molecule has 4 aromatic rings. The first-order valence-corrected chi connectivity index (χ1v) is 12.6. The highest BCUT2D eigenvalue weighted by molar-refractivity contribution is 7.10. The predicted octanol–water partition coefficient (Wildman–Crippen LogP) is 3.20. The minimum Gasteiger partial charge on any atom is -0.347 e. The Morgan fingerprint density at radius 2 is 1.94 bits per heavy atom. The number of aromatic nitrogens is 6. The molecule has 1 atom stereocenters. The summed E-state index contributed by atoms with van der Waals surface area (Å²) in [6.07, 6.45) is 2.84. The van der Waals surface area contributed by atoms with Crippen LogP contribution < -0.4 is 10.6 Å². The first-order chi connectivity index (χ1) is 17.4. The van der Waals surface area contributed by atoms with Crippen molar-refractivity contribution >= 4 is 23.2 Å². The Morgan fingerprint density at radius 3 is 2.67 bits per heavy atom. The number of fused-ring (bicyclic) bond motifs is 1. The van der Waals surface area contributed by atoms with Crippen LogP contribution in [-0.4, -0.2) is 42.0 Å². The molecule has 1 aliphatic rings. The molecule has 0 aliphatic heterocycles. The minimum atomic E-state index is -0.347. The average Bonchev–Trinajstić information content (AvgIpc) is 3.62. The Hall–Kier alpha value is -3.99. The lowest BCUT2D eigenvalue weighted by molar-refractivity contribution is 0.0931. The lowest BCUT2D eigenvalue weighted by Crippen LogP contribution is -2.29. The van der Waals surface area contributed by atoms with E-state index < -0.39 is 0 Å². The van der Waals surface area contributed by atoms with E-state index in [1.165, 1.54) is 22.1 Å². The van der Waals surface area contributed by atoms with Crippen molar-refractivity contribution in [3.63, 3.8) is 0 Å². The molecule has 5 rings (SSSR count). The van der Waals surface area contributed by atoms with Crippen LogP contribution in [0.15, 0.2) is 42.0 Å². The molecule has 0 saturated heterocycles. The van der Waals surface area contributed by atoms with E-state index >= 15 is 0 Å². The summed E-state index contributed by atoms with van der Waals surface area (Å²) in [5.41, 5.74) is 4.44. The molecule has 1 aromatic carbocycles. The van der Waals surface area contributed by atoms with Crippen LogP contribution in [0, 0.1) is 0 Å². The molecule has 0 fully saturated rings. The van der Waals surface area contributed by atoms with E-state index in [1.807, 2.05) is 23.6 Å². The monoisotopic (exact) mass is 502 g/mol. The zero-order valence-electron chi connectivity index (χ0n) is 20.2. The van der Waals surface area contributed by atoms with Gasteiger partial charge in [0, 0.05) is 23.1 Å². The smallest absolute Gasteiger partial charge is 0.270 e. The average molecular weight is 503 g/mol. The van der Waals surface area contributed by atoms with E-state index in [0.29, 0.717) is 18.3 Å². The summed E-state index contributed by atoms with van der Waals surface area (Å²) in [6.45, 7) is 4.68. The van der Waals surface area contributed by atoms with Crippen molar-refractivity contribution in [1.82, 2.24) is 40.8 Å². The van der Waals surface area contributed by atoms with Gasteiger partial charge in [0.2, 0.25) is 5.82 Å². The molecule has 2 N–H and O–H groups in total. The van der Waals surface area contributed by atoms with Gasteiger partial charge in [0.15, 0.2) is 0 Å². The summed E-state index contributed by atoms with van der Waals surface area (Å²) in [5.74, 6) is 0.328. The van der Waals surface area contributed by atoms with Crippen molar-refractivity contribution in [2.24, 2.45) is 7.05 Å². The Labute approximate surface area is 212 Å². The molecule has 0 unspecified atom stereocenters. The van der Waals surface area contributed by atoms with Gasteiger partial charge >= 0.3 is 0 Å². The van der Waals surface area contributed by atoms with Crippen LogP contribution in [-0.2, 0) is 20.0 Å². The number of nitrogens with zero attached hydrogens (tertiary/aromatic N) is 6. The largest absolute Gasteiger partial charge is 0.347 e. The summed E-state index contributed by atoms with van der Waals surface area (Å²) >= 11 is 1.68. The zero-order chi connectivity index (χ0) is 25.2. The maximum Gasteiger partial charge on any atom is 0.270 e. The summed E-state index contributed by atoms with van der Waals surface area (Å²) in [4.78, 5) is 36.4. The second-order valence-electron chi connectivity index (χ2n) is 9.06. The molecular weight excluding hydrogens is 476 g/mol. The Kier molecular flexibility index (Phi) is 6.55. The highest BCUT2D eigenvalue weighted by Gasteiger charge is 2.26. The number of benzene rings is 1. The van der Waals surface area contributed by atoms with Gasteiger partial charge in [-0.15, -0.1) is 21.5 Å². The van der Waals surface area contributed by atoms with Gasteiger partial charge in [-0.3, -0.25) is 9.59 Å². The number of rotatable bonds is 7. The number of aryl methyl sites for hydroxylation is 2. The molecule has 0 radical (unpaired) electrons. The third-order valence-corrected chi connectivity index (χ3v) is 7.40. The van der Waals surface area contributed by atoms with E-state index in [2.05, 4.69) is 55.9 Å². The van der Waals surface area contributed by atoms with E-state index in [-0.39, 0.29) is 29.2 Å². The van der Waals surface area contributed by atoms with E-state index in [4.69, 9.17) is 0 Å². The van der Waals surface area contributed by atoms with Crippen LogP contribution in [0.3, 0.4) is 0 Å². The van der Waals surface area contributed by atoms with E-state index in [0.717, 1.165) is 35.1 Å². The quantitative estimate of drug-likeness (QED) is 0.397. The van der Waals surface area contributed by atoms with E-state index in [9.17, 15) is 9.59 Å². The third-order valence-electron chi connectivity index (χ3n) is 6.12. The second kappa shape index (κ2) is 9.94. The number of amides is 2. The van der Waals surface area contributed by atoms with Gasteiger partial charge in [-0.2, -0.15) is 4.80 Å². The normalized spacial score (nSPS) is 14.6. The fourth-order valence-electron chi connectivity index (χ4n) is 4.21. The number of tetrazole rings is 1. The van der Waals surface area contributed by atoms with Gasteiger partial charge in [0.05, 0.1) is 13.1 Å². The lowest BCUT2D eigenvalue weighted by Gasteiger charge is -2.14. The number of thiophene rings is 1. The molecule has 36 heavy (non-hydrogen) atoms. The fourth-order valence-corrected chi connectivity index (χ4v) is 5.14. The summed E-state index contributed by atoms with van der Waals surface area (Å²) in [7, 11) is 1.73. The van der Waals surface area contributed by atoms with Gasteiger partial charge in [-0.25, -0.2) is 9.97 Å². The minimum absolute atomic E-state index is 0.141. The molecule has 3 heterocycles. The number of hydrogen-bond donors (Lipinski definition) is 2. The van der Waals surface area contributed by atoms with Crippen molar-refractivity contribution in [3.8, 4) is 11.4 Å². The van der Waals surface area contributed by atoms with Crippen molar-refractivity contribution in [1.29, 1.82) is 0 Å². The number of hydrogen-bond acceptors (Lipinski definition) is 8. The second-order valence-corrected chi connectivity index (χ2v) is 10.0. The molecule has 11 heteroatoms. The maximum absolute atomic E-state index is 13.0. The number of nitrogens with one attached hydrogen (secondary N) is 2. The van der Waals surface area contributed by atoms with Crippen LogP contribution in [0.4, 0.5) is 0 Å². The molecule has 10 nitrogen and oxygen atoms in total. The summed E-state index contributed by atoms with van der Waals surface area (Å²) in [6, 6.07) is 9.36. The highest BCUT2D eigenvalue weighted by Crippen LogP contribution is 2.33. The van der Waals surface area contributed by atoms with Crippen molar-refractivity contribution in [2.75, 3.05) is 0 Å². The van der Waals surface area contributed by atoms with Crippen molar-refractivity contribution in [2.45, 2.75) is 45.2 Å². The van der Waals surface area contributed by atoms with Crippen LogP contribution in [0.2, 0.25) is 0 Å². The van der Waals surface area contributed by atoms with Gasteiger partial charge in [-0.05, 0) is 58.2 Å². The Bertz CT molecular complexity index is 1430. The summed E-state index contributed by atoms with van der Waals surface area (Å²) in [5, 5.41) is 20.2. The summed E-state index contributed by atoms with van der Waals surface area (Å²) < 4.78 is 0. The van der Waals surface area contributed by atoms with E-state index in [1.54, 1.807) is 18.4 Å². The predicted molar refractivity (Wildman–Crippen MR) is 134 cm³/mol. The number of carbonyl (C=O) groups is 2. The molecule has 0 bridgehead atoms. The third kappa shape index (κ3) is 5.01. The topological polar surface area (TPSA) is 128 Å². The molecule has 0 saturated carbocycles. The Morgan fingerprint density at radius 1 is 1.14 bits per heavy atom. The Balaban J connectivity index is 1.23. The van der Waals surface area contributed by atoms with Crippen LogP contribution in [0.25, 0.3) is 11.4 Å². The lowest BCUT2D eigenvalue weighted by atomic mass is 10.0. The van der Waals surface area contributed by atoms with Crippen LogP contribution in [0.5, 0.6) is 0 Å². The van der Waals surface area contributed by atoms with Gasteiger partial charge in [0.1, 0.15) is 17.7 Å². The standard InChI is InChI=1S/C25H26N8O2S/c1-14(2)22-8-15(12-36-22)11-26-24(34)20-10-21(28-13-27-20)25(35)29-19-7-5-16-9-17(4-6-18(16)19)23-30-32-33(3)31-23/h4,6,8-10,12-14,19H,5,7,11H2,1-3H3,(H,26,34)(H,29,35)/t19-/m0/s1.